The highest BCUT2D eigenvalue weighted by Crippen LogP contribution is 2.30. The van der Waals surface area contributed by atoms with E-state index in [-0.39, 0.29) is 6.42 Å². The summed E-state index contributed by atoms with van der Waals surface area (Å²) in [5, 5.41) is 9.88. The molecule has 106 valence electrons. The van der Waals surface area contributed by atoms with Crippen molar-refractivity contribution < 1.29 is 14.6 Å². The first-order chi connectivity index (χ1) is 9.10. The highest BCUT2D eigenvalue weighted by atomic mass is 32.1. The molecule has 0 bridgehead atoms. The molecule has 0 aromatic carbocycles. The highest BCUT2D eigenvalue weighted by molar-refractivity contribution is 7.15. The van der Waals surface area contributed by atoms with Crippen LogP contribution in [0, 0.1) is 5.92 Å². The van der Waals surface area contributed by atoms with Crippen LogP contribution in [0.2, 0.25) is 0 Å². The van der Waals surface area contributed by atoms with E-state index in [4.69, 9.17) is 9.84 Å². The monoisotopic (exact) mass is 284 g/mol. The van der Waals surface area contributed by atoms with Gasteiger partial charge in [0.25, 0.3) is 0 Å². The van der Waals surface area contributed by atoms with Crippen molar-refractivity contribution in [3.8, 4) is 0 Å². The number of thiazole rings is 1. The number of carbonyl (C=O) groups is 1. The highest BCUT2D eigenvalue weighted by Gasteiger charge is 2.21. The number of carboxylic acids is 1. The number of ether oxygens (including phenoxy) is 1. The summed E-state index contributed by atoms with van der Waals surface area (Å²) in [6.07, 6.45) is 2.38. The number of nitrogens with zero attached hydrogens (tertiary/aromatic N) is 2. The molecule has 1 aliphatic heterocycles. The van der Waals surface area contributed by atoms with Crippen LogP contribution in [0.1, 0.15) is 30.3 Å². The summed E-state index contributed by atoms with van der Waals surface area (Å²) in [4.78, 5) is 18.5. The minimum Gasteiger partial charge on any atom is -0.481 e. The molecule has 1 saturated heterocycles. The van der Waals surface area contributed by atoms with Crippen LogP contribution in [-0.4, -0.2) is 36.3 Å². The largest absolute Gasteiger partial charge is 0.481 e. The Morgan fingerprint density at radius 1 is 1.53 bits per heavy atom. The third-order valence-electron chi connectivity index (χ3n) is 3.41. The fourth-order valence-electron chi connectivity index (χ4n) is 2.23. The molecular weight excluding hydrogens is 264 g/mol. The van der Waals surface area contributed by atoms with Gasteiger partial charge in [0, 0.05) is 25.1 Å². The van der Waals surface area contributed by atoms with E-state index in [1.165, 1.54) is 24.2 Å². The van der Waals surface area contributed by atoms with Gasteiger partial charge in [-0.15, -0.1) is 11.3 Å². The van der Waals surface area contributed by atoms with Crippen molar-refractivity contribution in [1.29, 1.82) is 0 Å². The van der Waals surface area contributed by atoms with Crippen molar-refractivity contribution >= 4 is 22.4 Å². The molecule has 6 heteroatoms. The van der Waals surface area contributed by atoms with Crippen LogP contribution in [0.15, 0.2) is 0 Å². The van der Waals surface area contributed by atoms with Gasteiger partial charge < -0.3 is 14.7 Å². The normalized spacial score (nSPS) is 16.8. The van der Waals surface area contributed by atoms with Gasteiger partial charge in [-0.1, -0.05) is 6.92 Å². The van der Waals surface area contributed by atoms with Gasteiger partial charge in [-0.3, -0.25) is 4.79 Å². The van der Waals surface area contributed by atoms with E-state index >= 15 is 0 Å². The molecular formula is C13H20N2O3S. The van der Waals surface area contributed by atoms with Crippen LogP contribution < -0.4 is 4.90 Å². The summed E-state index contributed by atoms with van der Waals surface area (Å²) in [6.45, 7) is 4.66. The van der Waals surface area contributed by atoms with E-state index in [2.05, 4.69) is 16.8 Å². The molecule has 0 aliphatic carbocycles. The second-order valence-corrected chi connectivity index (χ2v) is 6.10. The number of methoxy groups -OCH3 is 1. The molecule has 1 fully saturated rings. The van der Waals surface area contributed by atoms with Gasteiger partial charge in [0.05, 0.1) is 18.7 Å². The zero-order valence-electron chi connectivity index (χ0n) is 11.4. The van der Waals surface area contributed by atoms with Gasteiger partial charge in [0.1, 0.15) is 0 Å². The molecule has 2 rings (SSSR count). The lowest BCUT2D eigenvalue weighted by Crippen LogP contribution is -2.32. The number of anilines is 1. The lowest BCUT2D eigenvalue weighted by molar-refractivity contribution is -0.136. The van der Waals surface area contributed by atoms with Gasteiger partial charge in [-0.05, 0) is 18.8 Å². The average molecular weight is 284 g/mol. The van der Waals surface area contributed by atoms with E-state index in [0.29, 0.717) is 6.61 Å². The standard InChI is InChI=1S/C13H20N2O3S/c1-9-3-5-15(6-4-9)13-14-10(8-18-2)11(19-13)7-12(16)17/h9H,3-8H2,1-2H3,(H,16,17). The maximum atomic E-state index is 10.9. The number of piperidine rings is 1. The maximum Gasteiger partial charge on any atom is 0.308 e. The first-order valence-corrected chi connectivity index (χ1v) is 7.36. The van der Waals surface area contributed by atoms with Crippen molar-refractivity contribution in [2.45, 2.75) is 32.8 Å². The number of aromatic nitrogens is 1. The van der Waals surface area contributed by atoms with E-state index < -0.39 is 5.97 Å². The molecule has 0 atom stereocenters. The molecule has 1 N–H and O–H groups in total. The molecule has 1 aromatic rings. The molecule has 1 aromatic heterocycles. The Labute approximate surface area is 117 Å². The Morgan fingerprint density at radius 2 is 2.21 bits per heavy atom. The summed E-state index contributed by atoms with van der Waals surface area (Å²) < 4.78 is 5.10. The van der Waals surface area contributed by atoms with E-state index in [1.54, 1.807) is 7.11 Å². The number of aliphatic carboxylic acids is 1. The second kappa shape index (κ2) is 6.34. The molecule has 1 aliphatic rings. The summed E-state index contributed by atoms with van der Waals surface area (Å²) in [6, 6.07) is 0. The van der Waals surface area contributed by atoms with Crippen LogP contribution >= 0.6 is 11.3 Å². The number of rotatable bonds is 5. The van der Waals surface area contributed by atoms with Crippen molar-refractivity contribution in [3.63, 3.8) is 0 Å². The molecule has 19 heavy (non-hydrogen) atoms. The Bertz CT molecular complexity index is 439. The van der Waals surface area contributed by atoms with Crippen molar-refractivity contribution in [1.82, 2.24) is 4.98 Å². The first kappa shape index (κ1) is 14.3. The molecule has 0 amide bonds. The molecule has 2 heterocycles. The SMILES string of the molecule is COCc1nc(N2CCC(C)CC2)sc1CC(=O)O. The van der Waals surface area contributed by atoms with Gasteiger partial charge in [0.15, 0.2) is 5.13 Å². The fraction of sp³-hybridized carbons (Fsp3) is 0.692. The topological polar surface area (TPSA) is 62.7 Å². The summed E-state index contributed by atoms with van der Waals surface area (Å²) in [5.74, 6) is -0.0482. The molecule has 0 radical (unpaired) electrons. The van der Waals surface area contributed by atoms with Crippen LogP contribution in [0.3, 0.4) is 0 Å². The van der Waals surface area contributed by atoms with Gasteiger partial charge >= 0.3 is 5.97 Å². The first-order valence-electron chi connectivity index (χ1n) is 6.54. The van der Waals surface area contributed by atoms with Gasteiger partial charge in [-0.25, -0.2) is 4.98 Å². The van der Waals surface area contributed by atoms with Crippen molar-refractivity contribution in [2.75, 3.05) is 25.1 Å². The Kier molecular flexibility index (Phi) is 4.76. The minimum atomic E-state index is -0.820. The number of hydrogen-bond donors (Lipinski definition) is 1. The second-order valence-electron chi connectivity index (χ2n) is 5.04. The smallest absolute Gasteiger partial charge is 0.308 e. The predicted octanol–water partition coefficient (Wildman–Crippen LogP) is 2.15. The summed E-state index contributed by atoms with van der Waals surface area (Å²) in [5.41, 5.74) is 0.767. The molecule has 0 spiro atoms. The van der Waals surface area contributed by atoms with E-state index in [9.17, 15) is 4.79 Å². The van der Waals surface area contributed by atoms with Crippen LogP contribution in [0.25, 0.3) is 0 Å². The Hall–Kier alpha value is -1.14. The van der Waals surface area contributed by atoms with Crippen LogP contribution in [-0.2, 0) is 22.6 Å². The maximum absolute atomic E-state index is 10.9. The van der Waals surface area contributed by atoms with Gasteiger partial charge in [-0.2, -0.15) is 0 Å². The predicted molar refractivity (Wildman–Crippen MR) is 74.8 cm³/mol. The fourth-order valence-corrected chi connectivity index (χ4v) is 3.34. The zero-order valence-corrected chi connectivity index (χ0v) is 12.2. The third kappa shape index (κ3) is 3.67. The number of hydrogen-bond acceptors (Lipinski definition) is 5. The summed E-state index contributed by atoms with van der Waals surface area (Å²) >= 11 is 1.49. The molecule has 5 nitrogen and oxygen atoms in total. The van der Waals surface area contributed by atoms with Crippen molar-refractivity contribution in [2.24, 2.45) is 5.92 Å². The average Bonchev–Trinajstić information content (AvgIpc) is 2.73. The van der Waals surface area contributed by atoms with E-state index in [1.807, 2.05) is 0 Å². The Morgan fingerprint density at radius 3 is 2.79 bits per heavy atom. The number of carboxylic acid groups (broad SMARTS) is 1. The quantitative estimate of drug-likeness (QED) is 0.897. The van der Waals surface area contributed by atoms with Crippen LogP contribution in [0.4, 0.5) is 5.13 Å². The van der Waals surface area contributed by atoms with Crippen molar-refractivity contribution in [3.05, 3.63) is 10.6 Å². The summed E-state index contributed by atoms with van der Waals surface area (Å²) in [7, 11) is 1.60. The Balaban J connectivity index is 2.14. The van der Waals surface area contributed by atoms with Gasteiger partial charge in [0.2, 0.25) is 0 Å². The van der Waals surface area contributed by atoms with E-state index in [0.717, 1.165) is 34.7 Å². The minimum absolute atomic E-state index is 0.0284. The molecule has 0 saturated carbocycles. The zero-order chi connectivity index (χ0) is 13.8. The lowest BCUT2D eigenvalue weighted by Gasteiger charge is -2.29. The lowest BCUT2D eigenvalue weighted by atomic mass is 10.00. The van der Waals surface area contributed by atoms with Crippen LogP contribution in [0.5, 0.6) is 0 Å². The third-order valence-corrected chi connectivity index (χ3v) is 4.57. The molecule has 0 unspecified atom stereocenters.